The summed E-state index contributed by atoms with van der Waals surface area (Å²) in [5, 5.41) is 15.8. The van der Waals surface area contributed by atoms with Crippen molar-refractivity contribution in [3.05, 3.63) is 41.9 Å². The second kappa shape index (κ2) is 10.3. The van der Waals surface area contributed by atoms with Crippen LogP contribution in [0, 0.1) is 12.8 Å². The van der Waals surface area contributed by atoms with Gasteiger partial charge in [0.1, 0.15) is 5.76 Å². The molecule has 10 heteroatoms. The maximum Gasteiger partial charge on any atom is 0.236 e. The van der Waals surface area contributed by atoms with E-state index in [1.54, 1.807) is 20.1 Å². The summed E-state index contributed by atoms with van der Waals surface area (Å²) in [5.41, 5.74) is 0. The summed E-state index contributed by atoms with van der Waals surface area (Å²) >= 11 is 1.31. The molecule has 1 atom stereocenters. The molecule has 2 heterocycles. The zero-order valence-electron chi connectivity index (χ0n) is 18.3. The zero-order chi connectivity index (χ0) is 22.4. The van der Waals surface area contributed by atoms with Crippen LogP contribution in [0.25, 0.3) is 0 Å². The van der Waals surface area contributed by atoms with Crippen molar-refractivity contribution in [2.75, 3.05) is 18.2 Å². The third-order valence-corrected chi connectivity index (χ3v) is 5.22. The largest absolute Gasteiger partial charge is 0.493 e. The molecule has 1 unspecified atom stereocenters. The lowest BCUT2D eigenvalue weighted by molar-refractivity contribution is -0.113. The highest BCUT2D eigenvalue weighted by molar-refractivity contribution is 7.99. The van der Waals surface area contributed by atoms with Crippen LogP contribution in [0.3, 0.4) is 0 Å². The number of nitrogens with zero attached hydrogens (tertiary/aromatic N) is 4. The Morgan fingerprint density at radius 3 is 2.61 bits per heavy atom. The topological polar surface area (TPSA) is 104 Å². The van der Waals surface area contributed by atoms with E-state index in [0.29, 0.717) is 46.5 Å². The number of methoxy groups -OCH3 is 1. The monoisotopic (exact) mass is 445 g/mol. The van der Waals surface area contributed by atoms with Crippen LogP contribution in [0.4, 0.5) is 5.82 Å². The minimum atomic E-state index is -0.358. The lowest BCUT2D eigenvalue weighted by atomic mass is 10.2. The first kappa shape index (κ1) is 22.7. The molecule has 2 aromatic heterocycles. The molecule has 0 spiro atoms. The number of thioether (sulfide) groups is 1. The van der Waals surface area contributed by atoms with Crippen molar-refractivity contribution in [1.82, 2.24) is 19.9 Å². The molecule has 3 aromatic rings. The minimum absolute atomic E-state index is 0.171. The Bertz CT molecular complexity index is 1020. The summed E-state index contributed by atoms with van der Waals surface area (Å²) < 4.78 is 18.4. The van der Waals surface area contributed by atoms with Crippen LogP contribution in [-0.4, -0.2) is 38.7 Å². The van der Waals surface area contributed by atoms with E-state index >= 15 is 0 Å². The SMILES string of the molecule is COc1ccccc1OC(C)c1nnc(SCC(=O)Nc2cc(C)on2)n1CC(C)C. The van der Waals surface area contributed by atoms with E-state index in [-0.39, 0.29) is 17.8 Å². The van der Waals surface area contributed by atoms with Crippen LogP contribution in [0.2, 0.25) is 0 Å². The molecule has 0 bridgehead atoms. The fourth-order valence-corrected chi connectivity index (χ4v) is 3.69. The second-order valence-electron chi connectivity index (χ2n) is 7.42. The first-order chi connectivity index (χ1) is 14.9. The molecule has 3 rings (SSSR count). The quantitative estimate of drug-likeness (QED) is 0.465. The predicted molar refractivity (Wildman–Crippen MR) is 117 cm³/mol. The van der Waals surface area contributed by atoms with E-state index in [4.69, 9.17) is 14.0 Å². The fraction of sp³-hybridized carbons (Fsp3) is 0.429. The van der Waals surface area contributed by atoms with Gasteiger partial charge in [-0.1, -0.05) is 42.9 Å². The normalized spacial score (nSPS) is 12.1. The molecular weight excluding hydrogens is 418 g/mol. The van der Waals surface area contributed by atoms with Gasteiger partial charge in [-0.15, -0.1) is 10.2 Å². The van der Waals surface area contributed by atoms with E-state index in [1.165, 1.54) is 11.8 Å². The number of benzene rings is 1. The smallest absolute Gasteiger partial charge is 0.236 e. The number of hydrogen-bond acceptors (Lipinski definition) is 8. The van der Waals surface area contributed by atoms with Gasteiger partial charge in [0.05, 0.1) is 12.9 Å². The molecule has 9 nitrogen and oxygen atoms in total. The first-order valence-electron chi connectivity index (χ1n) is 9.96. The number of para-hydroxylation sites is 2. The van der Waals surface area contributed by atoms with Gasteiger partial charge >= 0.3 is 0 Å². The van der Waals surface area contributed by atoms with Crippen LogP contribution in [0.1, 0.15) is 38.5 Å². The molecular formula is C21H27N5O4S. The van der Waals surface area contributed by atoms with Crippen LogP contribution < -0.4 is 14.8 Å². The number of aryl methyl sites for hydroxylation is 1. The van der Waals surface area contributed by atoms with Crippen molar-refractivity contribution in [2.45, 2.75) is 45.5 Å². The summed E-state index contributed by atoms with van der Waals surface area (Å²) in [5.74, 6) is 3.34. The number of rotatable bonds is 10. The van der Waals surface area contributed by atoms with Gasteiger partial charge in [0.25, 0.3) is 0 Å². The van der Waals surface area contributed by atoms with Crippen molar-refractivity contribution in [2.24, 2.45) is 5.92 Å². The summed E-state index contributed by atoms with van der Waals surface area (Å²) in [7, 11) is 1.61. The lowest BCUT2D eigenvalue weighted by Gasteiger charge is -2.19. The van der Waals surface area contributed by atoms with E-state index in [9.17, 15) is 4.79 Å². The van der Waals surface area contributed by atoms with Crippen molar-refractivity contribution < 1.29 is 18.8 Å². The molecule has 166 valence electrons. The second-order valence-corrected chi connectivity index (χ2v) is 8.36. The number of carbonyl (C=O) groups excluding carboxylic acids is 1. The highest BCUT2D eigenvalue weighted by atomic mass is 32.2. The Balaban J connectivity index is 1.72. The highest BCUT2D eigenvalue weighted by Gasteiger charge is 2.22. The molecule has 0 aliphatic carbocycles. The number of carbonyl (C=O) groups is 1. The van der Waals surface area contributed by atoms with Gasteiger partial charge in [-0.2, -0.15) is 0 Å². The van der Waals surface area contributed by atoms with Crippen molar-refractivity contribution >= 4 is 23.5 Å². The van der Waals surface area contributed by atoms with Gasteiger partial charge < -0.3 is 23.9 Å². The van der Waals surface area contributed by atoms with E-state index in [0.717, 1.165) is 0 Å². The van der Waals surface area contributed by atoms with Gasteiger partial charge in [-0.25, -0.2) is 0 Å². The lowest BCUT2D eigenvalue weighted by Crippen LogP contribution is -2.17. The first-order valence-corrected chi connectivity index (χ1v) is 10.9. The number of ether oxygens (including phenoxy) is 2. The summed E-state index contributed by atoms with van der Waals surface area (Å²) in [6.45, 7) is 8.62. The maximum atomic E-state index is 12.3. The molecule has 1 N–H and O–H groups in total. The average Bonchev–Trinajstić information content (AvgIpc) is 3.32. The number of anilines is 1. The third-order valence-electron chi connectivity index (χ3n) is 4.26. The Kier molecular flexibility index (Phi) is 7.56. The van der Waals surface area contributed by atoms with Crippen molar-refractivity contribution in [3.63, 3.8) is 0 Å². The number of aromatic nitrogens is 4. The standard InChI is InChI=1S/C21H27N5O4S/c1-13(2)11-26-20(15(4)29-17-9-7-6-8-16(17)28-5)23-24-21(26)31-12-19(27)22-18-10-14(3)30-25-18/h6-10,13,15H,11-12H2,1-5H3,(H,22,25,27). The maximum absolute atomic E-state index is 12.3. The Morgan fingerprint density at radius 2 is 1.97 bits per heavy atom. The molecule has 0 saturated heterocycles. The van der Waals surface area contributed by atoms with Crippen molar-refractivity contribution in [3.8, 4) is 11.5 Å². The molecule has 1 amide bonds. The van der Waals surface area contributed by atoms with Crippen LogP contribution in [-0.2, 0) is 11.3 Å². The van der Waals surface area contributed by atoms with Gasteiger partial charge in [0.15, 0.2) is 34.4 Å². The number of nitrogens with one attached hydrogen (secondary N) is 1. The molecule has 0 aliphatic heterocycles. The Labute approximate surface area is 185 Å². The fourth-order valence-electron chi connectivity index (χ4n) is 2.94. The summed E-state index contributed by atoms with van der Waals surface area (Å²) in [6, 6.07) is 9.14. The van der Waals surface area contributed by atoms with Crippen molar-refractivity contribution in [1.29, 1.82) is 0 Å². The summed E-state index contributed by atoms with van der Waals surface area (Å²) in [4.78, 5) is 12.3. The van der Waals surface area contributed by atoms with E-state index in [2.05, 4.69) is 34.5 Å². The van der Waals surface area contributed by atoms with Crippen LogP contribution >= 0.6 is 11.8 Å². The van der Waals surface area contributed by atoms with Gasteiger partial charge in [-0.3, -0.25) is 4.79 Å². The molecule has 31 heavy (non-hydrogen) atoms. The zero-order valence-corrected chi connectivity index (χ0v) is 19.1. The van der Waals surface area contributed by atoms with Crippen LogP contribution in [0.15, 0.2) is 40.0 Å². The number of amides is 1. The predicted octanol–water partition coefficient (Wildman–Crippen LogP) is 4.11. The number of hydrogen-bond donors (Lipinski definition) is 1. The van der Waals surface area contributed by atoms with Gasteiger partial charge in [-0.05, 0) is 31.9 Å². The molecule has 0 radical (unpaired) electrons. The molecule has 1 aromatic carbocycles. The van der Waals surface area contributed by atoms with Gasteiger partial charge in [0, 0.05) is 12.6 Å². The third kappa shape index (κ3) is 6.00. The molecule has 0 aliphatic rings. The van der Waals surface area contributed by atoms with E-state index < -0.39 is 0 Å². The Morgan fingerprint density at radius 1 is 1.23 bits per heavy atom. The molecule has 0 saturated carbocycles. The average molecular weight is 446 g/mol. The van der Waals surface area contributed by atoms with Gasteiger partial charge in [0.2, 0.25) is 5.91 Å². The van der Waals surface area contributed by atoms with Crippen LogP contribution in [0.5, 0.6) is 11.5 Å². The Hall–Kier alpha value is -3.01. The minimum Gasteiger partial charge on any atom is -0.493 e. The summed E-state index contributed by atoms with van der Waals surface area (Å²) in [6.07, 6.45) is -0.358. The van der Waals surface area contributed by atoms with E-state index in [1.807, 2.05) is 35.8 Å². The molecule has 0 fully saturated rings. The highest BCUT2D eigenvalue weighted by Crippen LogP contribution is 2.31.